The van der Waals surface area contributed by atoms with Crippen molar-refractivity contribution in [2.75, 3.05) is 0 Å². The van der Waals surface area contributed by atoms with Gasteiger partial charge in [-0.25, -0.2) is 0 Å². The van der Waals surface area contributed by atoms with Gasteiger partial charge in [0.25, 0.3) is 0 Å². The average Bonchev–Trinajstić information content (AvgIpc) is 2.75. The molecule has 0 saturated heterocycles. The zero-order valence-corrected chi connectivity index (χ0v) is 17.4. The molecule has 0 N–H and O–H groups in total. The van der Waals surface area contributed by atoms with E-state index in [4.69, 9.17) is 14.2 Å². The average molecular weight is 396 g/mol. The summed E-state index contributed by atoms with van der Waals surface area (Å²) in [6, 6.07) is 29.4. The van der Waals surface area contributed by atoms with E-state index in [1.54, 1.807) is 0 Å². The zero-order valence-electron chi connectivity index (χ0n) is 17.4. The molecule has 0 aliphatic rings. The third kappa shape index (κ3) is 4.31. The van der Waals surface area contributed by atoms with Crippen molar-refractivity contribution in [3.8, 4) is 34.5 Å². The van der Waals surface area contributed by atoms with Crippen LogP contribution >= 0.6 is 0 Å². The fraction of sp³-hybridized carbons (Fsp3) is 0.111. The van der Waals surface area contributed by atoms with Crippen LogP contribution in [0.1, 0.15) is 16.7 Å². The first-order valence-electron chi connectivity index (χ1n) is 9.95. The molecule has 0 bridgehead atoms. The number of ether oxygens (including phenoxy) is 3. The number of hydrogen-bond acceptors (Lipinski definition) is 3. The molecule has 0 spiro atoms. The van der Waals surface area contributed by atoms with E-state index in [0.717, 1.165) is 33.9 Å². The van der Waals surface area contributed by atoms with Gasteiger partial charge < -0.3 is 14.2 Å². The van der Waals surface area contributed by atoms with E-state index in [1.165, 1.54) is 0 Å². The number of aryl methyl sites for hydroxylation is 3. The Morgan fingerprint density at radius 1 is 0.367 bits per heavy atom. The van der Waals surface area contributed by atoms with Crippen LogP contribution in [0.25, 0.3) is 0 Å². The van der Waals surface area contributed by atoms with Gasteiger partial charge in [-0.15, -0.1) is 0 Å². The van der Waals surface area contributed by atoms with Crippen LogP contribution in [0.2, 0.25) is 0 Å². The second-order valence-electron chi connectivity index (χ2n) is 7.19. The molecule has 0 fully saturated rings. The number of hydrogen-bond donors (Lipinski definition) is 0. The molecule has 3 nitrogen and oxygen atoms in total. The lowest BCUT2D eigenvalue weighted by Gasteiger charge is -2.18. The maximum Gasteiger partial charge on any atom is 0.212 e. The van der Waals surface area contributed by atoms with Crippen molar-refractivity contribution in [2.45, 2.75) is 20.8 Å². The molecule has 150 valence electrons. The Morgan fingerprint density at radius 3 is 1.10 bits per heavy atom. The van der Waals surface area contributed by atoms with Crippen LogP contribution in [0.5, 0.6) is 34.5 Å². The fourth-order valence-corrected chi connectivity index (χ4v) is 3.12. The number of benzene rings is 4. The SMILES string of the molecule is Cc1ccccc1Oc1cccc(Oc2ccccc2C)c1Oc1ccccc1C. The van der Waals surface area contributed by atoms with E-state index < -0.39 is 0 Å². The van der Waals surface area contributed by atoms with Crippen LogP contribution in [-0.4, -0.2) is 0 Å². The molecule has 4 rings (SSSR count). The molecule has 4 aromatic carbocycles. The van der Waals surface area contributed by atoms with Gasteiger partial charge in [0.1, 0.15) is 17.2 Å². The third-order valence-corrected chi connectivity index (χ3v) is 4.88. The Balaban J connectivity index is 1.78. The van der Waals surface area contributed by atoms with Gasteiger partial charge in [0, 0.05) is 0 Å². The smallest absolute Gasteiger partial charge is 0.212 e. The lowest BCUT2D eigenvalue weighted by molar-refractivity contribution is 0.383. The van der Waals surface area contributed by atoms with Crippen molar-refractivity contribution < 1.29 is 14.2 Å². The van der Waals surface area contributed by atoms with Crippen molar-refractivity contribution >= 4 is 0 Å². The quantitative estimate of drug-likeness (QED) is 0.330. The first kappa shape index (κ1) is 19.6. The first-order valence-corrected chi connectivity index (χ1v) is 9.95. The van der Waals surface area contributed by atoms with Crippen LogP contribution < -0.4 is 14.2 Å². The lowest BCUT2D eigenvalue weighted by atomic mass is 10.2. The van der Waals surface area contributed by atoms with Crippen molar-refractivity contribution in [3.05, 3.63) is 108 Å². The van der Waals surface area contributed by atoms with E-state index in [2.05, 4.69) is 0 Å². The van der Waals surface area contributed by atoms with Gasteiger partial charge in [0.15, 0.2) is 11.5 Å². The third-order valence-electron chi connectivity index (χ3n) is 4.88. The second kappa shape index (κ2) is 8.75. The van der Waals surface area contributed by atoms with Crippen molar-refractivity contribution in [3.63, 3.8) is 0 Å². The Bertz CT molecular complexity index is 1100. The minimum absolute atomic E-state index is 0.540. The molecular weight excluding hydrogens is 372 g/mol. The monoisotopic (exact) mass is 396 g/mol. The van der Waals surface area contributed by atoms with Crippen LogP contribution in [0.15, 0.2) is 91.0 Å². The minimum atomic E-state index is 0.540. The van der Waals surface area contributed by atoms with E-state index >= 15 is 0 Å². The van der Waals surface area contributed by atoms with Crippen LogP contribution in [0, 0.1) is 20.8 Å². The summed E-state index contributed by atoms with van der Waals surface area (Å²) in [6.45, 7) is 6.05. The second-order valence-corrected chi connectivity index (χ2v) is 7.19. The molecule has 0 aliphatic heterocycles. The Hall–Kier alpha value is -3.72. The summed E-state index contributed by atoms with van der Waals surface area (Å²) in [6.07, 6.45) is 0. The van der Waals surface area contributed by atoms with Gasteiger partial charge in [-0.05, 0) is 67.8 Å². The van der Waals surface area contributed by atoms with Gasteiger partial charge in [-0.1, -0.05) is 60.7 Å². The number of para-hydroxylation sites is 4. The maximum absolute atomic E-state index is 6.35. The molecule has 4 aromatic rings. The summed E-state index contributed by atoms with van der Waals surface area (Å²) in [7, 11) is 0. The van der Waals surface area contributed by atoms with Gasteiger partial charge in [0.05, 0.1) is 0 Å². The highest BCUT2D eigenvalue weighted by Gasteiger charge is 2.17. The molecule has 0 saturated carbocycles. The van der Waals surface area contributed by atoms with Crippen LogP contribution in [0.4, 0.5) is 0 Å². The van der Waals surface area contributed by atoms with E-state index in [9.17, 15) is 0 Å². The summed E-state index contributed by atoms with van der Waals surface area (Å²) < 4.78 is 18.9. The normalized spacial score (nSPS) is 10.5. The first-order chi connectivity index (χ1) is 14.6. The number of rotatable bonds is 6. The van der Waals surface area contributed by atoms with Crippen molar-refractivity contribution in [2.24, 2.45) is 0 Å². The summed E-state index contributed by atoms with van der Waals surface area (Å²) in [5, 5.41) is 0. The van der Waals surface area contributed by atoms with E-state index in [0.29, 0.717) is 17.2 Å². The van der Waals surface area contributed by atoms with Crippen LogP contribution in [0.3, 0.4) is 0 Å². The molecule has 3 heteroatoms. The summed E-state index contributed by atoms with van der Waals surface area (Å²) in [5.41, 5.74) is 3.12. The highest BCUT2D eigenvalue weighted by molar-refractivity contribution is 5.57. The van der Waals surface area contributed by atoms with Gasteiger partial charge in [0.2, 0.25) is 5.75 Å². The summed E-state index contributed by atoms with van der Waals surface area (Å²) in [5.74, 6) is 4.05. The largest absolute Gasteiger partial charge is 0.453 e. The standard InChI is InChI=1S/C27H24O3/c1-19-11-4-7-14-22(19)28-25-17-10-18-26(29-23-15-8-5-12-20(23)2)27(25)30-24-16-9-6-13-21(24)3/h4-18H,1-3H3. The Kier molecular flexibility index (Phi) is 5.71. The molecule has 0 aliphatic carbocycles. The Labute approximate surface area is 177 Å². The fourth-order valence-electron chi connectivity index (χ4n) is 3.12. The van der Waals surface area contributed by atoms with Gasteiger partial charge in [-0.3, -0.25) is 0 Å². The molecule has 0 atom stereocenters. The van der Waals surface area contributed by atoms with Gasteiger partial charge >= 0.3 is 0 Å². The molecule has 0 amide bonds. The van der Waals surface area contributed by atoms with Crippen molar-refractivity contribution in [1.82, 2.24) is 0 Å². The molecule has 0 radical (unpaired) electrons. The predicted octanol–water partition coefficient (Wildman–Crippen LogP) is 7.99. The minimum Gasteiger partial charge on any atom is -0.453 e. The summed E-state index contributed by atoms with van der Waals surface area (Å²) in [4.78, 5) is 0. The Morgan fingerprint density at radius 2 is 0.700 bits per heavy atom. The summed E-state index contributed by atoms with van der Waals surface area (Å²) >= 11 is 0. The maximum atomic E-state index is 6.35. The van der Waals surface area contributed by atoms with E-state index in [-0.39, 0.29) is 0 Å². The molecular formula is C27H24O3. The van der Waals surface area contributed by atoms with Crippen molar-refractivity contribution in [1.29, 1.82) is 0 Å². The topological polar surface area (TPSA) is 27.7 Å². The van der Waals surface area contributed by atoms with Crippen LogP contribution in [-0.2, 0) is 0 Å². The molecule has 0 unspecified atom stereocenters. The highest BCUT2D eigenvalue weighted by atomic mass is 16.5. The lowest BCUT2D eigenvalue weighted by Crippen LogP contribution is -1.97. The van der Waals surface area contributed by atoms with Gasteiger partial charge in [-0.2, -0.15) is 0 Å². The molecule has 0 heterocycles. The van der Waals surface area contributed by atoms with E-state index in [1.807, 2.05) is 112 Å². The zero-order chi connectivity index (χ0) is 20.9. The highest BCUT2D eigenvalue weighted by Crippen LogP contribution is 2.45. The predicted molar refractivity (Wildman–Crippen MR) is 120 cm³/mol. The molecule has 0 aromatic heterocycles. The molecule has 30 heavy (non-hydrogen) atoms.